The van der Waals surface area contributed by atoms with Gasteiger partial charge in [-0.25, -0.2) is 4.98 Å². The van der Waals surface area contributed by atoms with E-state index >= 15 is 0 Å². The van der Waals surface area contributed by atoms with Gasteiger partial charge in [0.25, 0.3) is 0 Å². The van der Waals surface area contributed by atoms with Crippen molar-refractivity contribution in [2.75, 3.05) is 19.8 Å². The minimum Gasteiger partial charge on any atom is -0.475 e. The van der Waals surface area contributed by atoms with Crippen molar-refractivity contribution in [3.05, 3.63) is 22.9 Å². The Morgan fingerprint density at radius 3 is 2.89 bits per heavy atom. The van der Waals surface area contributed by atoms with E-state index < -0.39 is 0 Å². The molecule has 18 heavy (non-hydrogen) atoms. The molecule has 4 heteroatoms. The summed E-state index contributed by atoms with van der Waals surface area (Å²) in [5.41, 5.74) is 9.30. The van der Waals surface area contributed by atoms with Gasteiger partial charge >= 0.3 is 0 Å². The molecule has 1 heterocycles. The average Bonchev–Trinajstić information content (AvgIpc) is 2.42. The summed E-state index contributed by atoms with van der Waals surface area (Å²) >= 11 is 0. The molecule has 1 aromatic heterocycles. The second-order valence-electron chi connectivity index (χ2n) is 4.52. The Labute approximate surface area is 108 Å². The van der Waals surface area contributed by atoms with Gasteiger partial charge in [0.05, 0.1) is 6.61 Å². The fourth-order valence-corrected chi connectivity index (χ4v) is 2.28. The van der Waals surface area contributed by atoms with Crippen LogP contribution in [0.1, 0.15) is 36.6 Å². The number of fused-ring (bicyclic) bond motifs is 1. The van der Waals surface area contributed by atoms with E-state index in [-0.39, 0.29) is 0 Å². The van der Waals surface area contributed by atoms with Gasteiger partial charge in [-0.3, -0.25) is 0 Å². The molecule has 0 radical (unpaired) electrons. The summed E-state index contributed by atoms with van der Waals surface area (Å²) in [5.74, 6) is 0.692. The van der Waals surface area contributed by atoms with E-state index in [0.29, 0.717) is 32.2 Å². The second kappa shape index (κ2) is 6.71. The highest BCUT2D eigenvalue weighted by molar-refractivity contribution is 5.35. The molecular weight excluding hydrogens is 228 g/mol. The number of hydrogen-bond donors (Lipinski definition) is 1. The van der Waals surface area contributed by atoms with Gasteiger partial charge in [-0.15, -0.1) is 0 Å². The van der Waals surface area contributed by atoms with Crippen LogP contribution < -0.4 is 10.5 Å². The number of aryl methyl sites for hydroxylation is 2. The highest BCUT2D eigenvalue weighted by Gasteiger charge is 2.15. The standard InChI is InChI=1S/C14H22N2O2/c1-2-17-7-8-18-14-12(10-15)9-11-5-3-4-6-13(11)16-14/h9H,2-8,10,15H2,1H3. The van der Waals surface area contributed by atoms with E-state index in [0.717, 1.165) is 18.4 Å². The van der Waals surface area contributed by atoms with Crippen molar-refractivity contribution in [1.29, 1.82) is 0 Å². The van der Waals surface area contributed by atoms with Crippen LogP contribution in [0.4, 0.5) is 0 Å². The summed E-state index contributed by atoms with van der Waals surface area (Å²) in [5, 5.41) is 0. The third-order valence-electron chi connectivity index (χ3n) is 3.23. The van der Waals surface area contributed by atoms with Crippen LogP contribution in [0.15, 0.2) is 6.07 Å². The van der Waals surface area contributed by atoms with E-state index in [1.165, 1.54) is 24.1 Å². The van der Waals surface area contributed by atoms with E-state index in [1.54, 1.807) is 0 Å². The molecule has 1 aliphatic rings. The second-order valence-corrected chi connectivity index (χ2v) is 4.52. The van der Waals surface area contributed by atoms with Gasteiger partial charge in [-0.1, -0.05) is 0 Å². The number of pyridine rings is 1. The fraction of sp³-hybridized carbons (Fsp3) is 0.643. The predicted octanol–water partition coefficient (Wildman–Crippen LogP) is 1.83. The molecule has 0 spiro atoms. The lowest BCUT2D eigenvalue weighted by Crippen LogP contribution is -2.14. The fourth-order valence-electron chi connectivity index (χ4n) is 2.28. The molecule has 2 N–H and O–H groups in total. The van der Waals surface area contributed by atoms with Gasteiger partial charge in [-0.2, -0.15) is 0 Å². The van der Waals surface area contributed by atoms with Crippen LogP contribution in [-0.2, 0) is 24.1 Å². The van der Waals surface area contributed by atoms with Crippen LogP contribution in [-0.4, -0.2) is 24.8 Å². The maximum Gasteiger partial charge on any atom is 0.218 e. The minimum atomic E-state index is 0.476. The SMILES string of the molecule is CCOCCOc1nc2c(cc1CN)CCCC2. The van der Waals surface area contributed by atoms with Crippen molar-refractivity contribution in [1.82, 2.24) is 4.98 Å². The van der Waals surface area contributed by atoms with Crippen molar-refractivity contribution >= 4 is 0 Å². The maximum atomic E-state index is 5.76. The topological polar surface area (TPSA) is 57.4 Å². The van der Waals surface area contributed by atoms with Gasteiger partial charge in [0.2, 0.25) is 5.88 Å². The lowest BCUT2D eigenvalue weighted by Gasteiger charge is -2.18. The third-order valence-corrected chi connectivity index (χ3v) is 3.23. The molecule has 0 fully saturated rings. The monoisotopic (exact) mass is 250 g/mol. The van der Waals surface area contributed by atoms with Gasteiger partial charge in [0, 0.05) is 24.4 Å². The summed E-state index contributed by atoms with van der Waals surface area (Å²) in [6.07, 6.45) is 4.65. The van der Waals surface area contributed by atoms with Gasteiger partial charge < -0.3 is 15.2 Å². The quantitative estimate of drug-likeness (QED) is 0.783. The van der Waals surface area contributed by atoms with Crippen molar-refractivity contribution in [3.63, 3.8) is 0 Å². The summed E-state index contributed by atoms with van der Waals surface area (Å²) in [4.78, 5) is 4.62. The maximum absolute atomic E-state index is 5.76. The molecule has 1 aromatic rings. The first-order valence-electron chi connectivity index (χ1n) is 6.77. The highest BCUT2D eigenvalue weighted by atomic mass is 16.5. The van der Waals surface area contributed by atoms with Crippen molar-refractivity contribution < 1.29 is 9.47 Å². The Balaban J connectivity index is 2.07. The van der Waals surface area contributed by atoms with Crippen LogP contribution in [0, 0.1) is 0 Å². The van der Waals surface area contributed by atoms with Crippen LogP contribution >= 0.6 is 0 Å². The van der Waals surface area contributed by atoms with E-state index in [1.807, 2.05) is 6.92 Å². The van der Waals surface area contributed by atoms with Crippen molar-refractivity contribution in [3.8, 4) is 5.88 Å². The van der Waals surface area contributed by atoms with E-state index in [9.17, 15) is 0 Å². The molecule has 0 unspecified atom stereocenters. The number of aromatic nitrogens is 1. The Hall–Kier alpha value is -1.13. The number of hydrogen-bond acceptors (Lipinski definition) is 4. The predicted molar refractivity (Wildman–Crippen MR) is 70.8 cm³/mol. The van der Waals surface area contributed by atoms with Crippen LogP contribution in [0.3, 0.4) is 0 Å². The lowest BCUT2D eigenvalue weighted by atomic mass is 9.95. The first-order valence-corrected chi connectivity index (χ1v) is 6.77. The summed E-state index contributed by atoms with van der Waals surface area (Å²) in [6.45, 7) is 4.29. The number of ether oxygens (including phenoxy) is 2. The Kier molecular flexibility index (Phi) is 4.96. The molecule has 0 aliphatic heterocycles. The van der Waals surface area contributed by atoms with Gasteiger partial charge in [0.15, 0.2) is 0 Å². The van der Waals surface area contributed by atoms with Gasteiger partial charge in [0.1, 0.15) is 6.61 Å². The molecular formula is C14H22N2O2. The molecule has 2 rings (SSSR count). The molecule has 0 atom stereocenters. The number of rotatable bonds is 6. The largest absolute Gasteiger partial charge is 0.475 e. The highest BCUT2D eigenvalue weighted by Crippen LogP contribution is 2.25. The Morgan fingerprint density at radius 1 is 1.28 bits per heavy atom. The molecule has 0 saturated carbocycles. The number of nitrogens with two attached hydrogens (primary N) is 1. The van der Waals surface area contributed by atoms with Crippen LogP contribution in [0.2, 0.25) is 0 Å². The summed E-state index contributed by atoms with van der Waals surface area (Å²) in [6, 6.07) is 2.16. The zero-order chi connectivity index (χ0) is 12.8. The van der Waals surface area contributed by atoms with Crippen LogP contribution in [0.5, 0.6) is 5.88 Å². The summed E-state index contributed by atoms with van der Waals surface area (Å²) < 4.78 is 10.9. The smallest absolute Gasteiger partial charge is 0.218 e. The van der Waals surface area contributed by atoms with Crippen molar-refractivity contribution in [2.45, 2.75) is 39.2 Å². The van der Waals surface area contributed by atoms with Gasteiger partial charge in [-0.05, 0) is 44.2 Å². The molecule has 0 aromatic carbocycles. The Bertz CT molecular complexity index is 394. The molecule has 4 nitrogen and oxygen atoms in total. The molecule has 0 bridgehead atoms. The third kappa shape index (κ3) is 3.21. The minimum absolute atomic E-state index is 0.476. The molecule has 0 saturated heterocycles. The zero-order valence-electron chi connectivity index (χ0n) is 11.1. The first kappa shape index (κ1) is 13.3. The Morgan fingerprint density at radius 2 is 2.11 bits per heavy atom. The first-order chi connectivity index (χ1) is 8.85. The molecule has 1 aliphatic carbocycles. The lowest BCUT2D eigenvalue weighted by molar-refractivity contribution is 0.108. The van der Waals surface area contributed by atoms with Crippen LogP contribution in [0.25, 0.3) is 0 Å². The van der Waals surface area contributed by atoms with E-state index in [4.69, 9.17) is 15.2 Å². The number of nitrogens with zero attached hydrogens (tertiary/aromatic N) is 1. The summed E-state index contributed by atoms with van der Waals surface area (Å²) in [7, 11) is 0. The zero-order valence-corrected chi connectivity index (χ0v) is 11.1. The average molecular weight is 250 g/mol. The van der Waals surface area contributed by atoms with Crippen molar-refractivity contribution in [2.24, 2.45) is 5.73 Å². The molecule has 100 valence electrons. The molecule has 0 amide bonds. The van der Waals surface area contributed by atoms with E-state index in [2.05, 4.69) is 11.1 Å². The normalized spacial score (nSPS) is 14.3.